The second-order valence-corrected chi connectivity index (χ2v) is 10.7. The molecule has 1 aliphatic rings. The molecule has 0 aliphatic carbocycles. The Bertz CT molecular complexity index is 1210. The average molecular weight is 480 g/mol. The number of nitrogens with one attached hydrogen (secondary N) is 1. The van der Waals surface area contributed by atoms with Crippen LogP contribution < -0.4 is 10.2 Å². The molecule has 1 fully saturated rings. The van der Waals surface area contributed by atoms with Crippen LogP contribution in [0, 0.1) is 5.92 Å². The molecule has 1 N–H and O–H groups in total. The third-order valence-electron chi connectivity index (χ3n) is 6.59. The first-order chi connectivity index (χ1) is 16.5. The minimum Gasteiger partial charge on any atom is -0.372 e. The molecule has 0 atom stereocenters. The first-order valence-electron chi connectivity index (χ1n) is 12.1. The number of sulfonamides is 1. The first-order valence-corrected chi connectivity index (χ1v) is 13.5. The van der Waals surface area contributed by atoms with Gasteiger partial charge in [0.05, 0.1) is 4.90 Å². The van der Waals surface area contributed by atoms with Crippen molar-refractivity contribution in [2.75, 3.05) is 37.6 Å². The van der Waals surface area contributed by atoms with Gasteiger partial charge in [-0.1, -0.05) is 48.5 Å². The highest BCUT2D eigenvalue weighted by molar-refractivity contribution is 7.89. The van der Waals surface area contributed by atoms with Gasteiger partial charge < -0.3 is 10.2 Å². The number of carbonyl (C=O) groups excluding carboxylic acids is 1. The Morgan fingerprint density at radius 3 is 2.35 bits per heavy atom. The minimum atomic E-state index is -3.57. The second kappa shape index (κ2) is 11.0. The van der Waals surface area contributed by atoms with Crippen LogP contribution in [0.1, 0.15) is 26.2 Å². The lowest BCUT2D eigenvalue weighted by atomic mass is 9.97. The van der Waals surface area contributed by atoms with Gasteiger partial charge in [-0.05, 0) is 61.2 Å². The van der Waals surface area contributed by atoms with E-state index in [1.807, 2.05) is 48.5 Å². The van der Waals surface area contributed by atoms with Crippen LogP contribution in [0.2, 0.25) is 0 Å². The average Bonchev–Trinajstić information content (AvgIpc) is 2.89. The maximum Gasteiger partial charge on any atom is 0.243 e. The van der Waals surface area contributed by atoms with Crippen molar-refractivity contribution in [3.63, 3.8) is 0 Å². The van der Waals surface area contributed by atoms with Gasteiger partial charge in [0.1, 0.15) is 0 Å². The highest BCUT2D eigenvalue weighted by Gasteiger charge is 2.32. The van der Waals surface area contributed by atoms with Gasteiger partial charge in [0.25, 0.3) is 0 Å². The maximum atomic E-state index is 13.1. The Labute approximate surface area is 202 Å². The van der Waals surface area contributed by atoms with Crippen LogP contribution >= 0.6 is 0 Å². The topological polar surface area (TPSA) is 69.7 Å². The van der Waals surface area contributed by atoms with Crippen molar-refractivity contribution < 1.29 is 13.2 Å². The van der Waals surface area contributed by atoms with E-state index in [4.69, 9.17) is 0 Å². The van der Waals surface area contributed by atoms with Gasteiger partial charge in [0.15, 0.2) is 0 Å². The molecule has 0 spiro atoms. The normalized spacial score (nSPS) is 15.3. The summed E-state index contributed by atoms with van der Waals surface area (Å²) in [7, 11) is -3.57. The molecule has 0 bridgehead atoms. The van der Waals surface area contributed by atoms with Crippen LogP contribution in [0.25, 0.3) is 10.8 Å². The fourth-order valence-corrected chi connectivity index (χ4v) is 6.08. The van der Waals surface area contributed by atoms with Gasteiger partial charge in [-0.2, -0.15) is 4.31 Å². The summed E-state index contributed by atoms with van der Waals surface area (Å²) in [5.74, 6) is -0.107. The molecule has 0 saturated carbocycles. The molecule has 6 nitrogen and oxygen atoms in total. The number of hydrogen-bond acceptors (Lipinski definition) is 4. The van der Waals surface area contributed by atoms with E-state index in [-0.39, 0.29) is 11.8 Å². The van der Waals surface area contributed by atoms with Crippen molar-refractivity contribution in [1.82, 2.24) is 9.62 Å². The van der Waals surface area contributed by atoms with Crippen molar-refractivity contribution in [3.05, 3.63) is 72.8 Å². The lowest BCUT2D eigenvalue weighted by Crippen LogP contribution is -2.43. The molecule has 1 heterocycles. The zero-order chi connectivity index (χ0) is 24.0. The zero-order valence-corrected chi connectivity index (χ0v) is 20.5. The molecule has 1 saturated heterocycles. The Hall–Kier alpha value is -2.90. The largest absolute Gasteiger partial charge is 0.372 e. The Kier molecular flexibility index (Phi) is 7.85. The third-order valence-corrected chi connectivity index (χ3v) is 8.49. The number of piperidine rings is 1. The summed E-state index contributed by atoms with van der Waals surface area (Å²) < 4.78 is 27.8. The van der Waals surface area contributed by atoms with E-state index in [0.29, 0.717) is 37.4 Å². The highest BCUT2D eigenvalue weighted by atomic mass is 32.2. The summed E-state index contributed by atoms with van der Waals surface area (Å²) in [6.45, 7) is 5.28. The number of carbonyl (C=O) groups is 1. The van der Waals surface area contributed by atoms with Gasteiger partial charge in [-0.25, -0.2) is 8.42 Å². The van der Waals surface area contributed by atoms with Gasteiger partial charge in [0, 0.05) is 44.3 Å². The fraction of sp³-hybridized carbons (Fsp3) is 0.370. The number of rotatable bonds is 9. The number of fused-ring (bicyclic) bond motifs is 1. The summed E-state index contributed by atoms with van der Waals surface area (Å²) in [4.78, 5) is 15.3. The van der Waals surface area contributed by atoms with E-state index >= 15 is 0 Å². The van der Waals surface area contributed by atoms with Crippen LogP contribution in [0.5, 0.6) is 0 Å². The standard InChI is InChI=1S/C27H33N3O3S/c1-2-29(25-11-4-3-5-12-25)18-8-17-28-27(31)23-15-19-30(20-16-23)34(32,33)26-14-13-22-9-6-7-10-24(22)21-26/h3-7,9-14,21,23H,2,8,15-20H2,1H3,(H,28,31). The lowest BCUT2D eigenvalue weighted by Gasteiger charge is -2.30. The van der Waals surface area contributed by atoms with Crippen molar-refractivity contribution in [2.45, 2.75) is 31.1 Å². The Morgan fingerprint density at radius 1 is 0.971 bits per heavy atom. The number of amides is 1. The smallest absolute Gasteiger partial charge is 0.243 e. The van der Waals surface area contributed by atoms with Crippen molar-refractivity contribution in [3.8, 4) is 0 Å². The van der Waals surface area contributed by atoms with Gasteiger partial charge in [-0.15, -0.1) is 0 Å². The van der Waals surface area contributed by atoms with E-state index in [2.05, 4.69) is 29.3 Å². The first kappa shape index (κ1) is 24.2. The van der Waals surface area contributed by atoms with Crippen molar-refractivity contribution in [1.29, 1.82) is 0 Å². The summed E-state index contributed by atoms with van der Waals surface area (Å²) in [6.07, 6.45) is 1.96. The fourth-order valence-electron chi connectivity index (χ4n) is 4.57. The van der Waals surface area contributed by atoms with Crippen LogP contribution in [0.3, 0.4) is 0 Å². The number of benzene rings is 3. The predicted molar refractivity (Wildman–Crippen MR) is 137 cm³/mol. The lowest BCUT2D eigenvalue weighted by molar-refractivity contribution is -0.126. The molecule has 4 rings (SSSR count). The molecular weight excluding hydrogens is 446 g/mol. The second-order valence-electron chi connectivity index (χ2n) is 8.75. The molecule has 1 aliphatic heterocycles. The van der Waals surface area contributed by atoms with Crippen molar-refractivity contribution in [2.24, 2.45) is 5.92 Å². The summed E-state index contributed by atoms with van der Waals surface area (Å²) in [6, 6.07) is 23.3. The van der Waals surface area contributed by atoms with Gasteiger partial charge in [-0.3, -0.25) is 4.79 Å². The Morgan fingerprint density at radius 2 is 1.65 bits per heavy atom. The Balaban J connectivity index is 1.25. The molecule has 0 unspecified atom stereocenters. The van der Waals surface area contributed by atoms with Crippen LogP contribution in [-0.4, -0.2) is 51.4 Å². The highest BCUT2D eigenvalue weighted by Crippen LogP contribution is 2.26. The van der Waals surface area contributed by atoms with E-state index in [9.17, 15) is 13.2 Å². The number of hydrogen-bond donors (Lipinski definition) is 1. The molecule has 3 aromatic rings. The van der Waals surface area contributed by atoms with Crippen LogP contribution in [0.4, 0.5) is 5.69 Å². The molecule has 7 heteroatoms. The molecule has 0 aromatic heterocycles. The van der Waals surface area contributed by atoms with Crippen LogP contribution in [-0.2, 0) is 14.8 Å². The van der Waals surface area contributed by atoms with Gasteiger partial charge in [0.2, 0.25) is 15.9 Å². The predicted octanol–water partition coefficient (Wildman–Crippen LogP) is 4.27. The third kappa shape index (κ3) is 5.59. The van der Waals surface area contributed by atoms with Gasteiger partial charge >= 0.3 is 0 Å². The SMILES string of the molecule is CCN(CCCNC(=O)C1CCN(S(=O)(=O)c2ccc3ccccc3c2)CC1)c1ccccc1. The number of para-hydroxylation sites is 1. The quantitative estimate of drug-likeness (QED) is 0.465. The molecule has 180 valence electrons. The number of anilines is 1. The van der Waals surface area contributed by atoms with E-state index < -0.39 is 10.0 Å². The molecule has 34 heavy (non-hydrogen) atoms. The van der Waals surface area contributed by atoms with E-state index in [1.54, 1.807) is 12.1 Å². The number of nitrogens with zero attached hydrogens (tertiary/aromatic N) is 2. The monoisotopic (exact) mass is 479 g/mol. The molecule has 1 amide bonds. The zero-order valence-electron chi connectivity index (χ0n) is 19.7. The van der Waals surface area contributed by atoms with E-state index in [1.165, 1.54) is 9.99 Å². The molecule has 0 radical (unpaired) electrons. The molecule has 3 aromatic carbocycles. The minimum absolute atomic E-state index is 0.0329. The summed E-state index contributed by atoms with van der Waals surface area (Å²) in [5.41, 5.74) is 1.19. The van der Waals surface area contributed by atoms with Crippen molar-refractivity contribution >= 4 is 32.4 Å². The summed E-state index contributed by atoms with van der Waals surface area (Å²) in [5, 5.41) is 4.98. The van der Waals surface area contributed by atoms with Crippen LogP contribution in [0.15, 0.2) is 77.7 Å². The molecular formula is C27H33N3O3S. The summed E-state index contributed by atoms with van der Waals surface area (Å²) >= 11 is 0. The van der Waals surface area contributed by atoms with E-state index in [0.717, 1.165) is 30.3 Å². The maximum absolute atomic E-state index is 13.1.